The number of hydrogen-bond donors (Lipinski definition) is 1. The Kier molecular flexibility index (Phi) is 4.79. The summed E-state index contributed by atoms with van der Waals surface area (Å²) in [6.45, 7) is 3.11. The van der Waals surface area contributed by atoms with E-state index in [2.05, 4.69) is 17.2 Å². The van der Waals surface area contributed by atoms with Crippen LogP contribution in [-0.4, -0.2) is 11.5 Å². The van der Waals surface area contributed by atoms with E-state index in [0.717, 1.165) is 30.5 Å². The zero-order chi connectivity index (χ0) is 12.8. The molecule has 3 nitrogen and oxygen atoms in total. The Morgan fingerprint density at radius 3 is 3.00 bits per heavy atom. The SMILES string of the molecule is CCCNC(Cc1ccoc1)c1ccncc1Cl. The molecule has 0 aromatic carbocycles. The molecule has 0 fully saturated rings. The predicted octanol–water partition coefficient (Wildman–Crippen LogP) is 3.61. The first-order chi connectivity index (χ1) is 8.81. The number of nitrogens with zero attached hydrogens (tertiary/aromatic N) is 1. The molecule has 2 heterocycles. The Morgan fingerprint density at radius 2 is 2.33 bits per heavy atom. The van der Waals surface area contributed by atoms with Gasteiger partial charge in [-0.2, -0.15) is 0 Å². The van der Waals surface area contributed by atoms with E-state index in [9.17, 15) is 0 Å². The van der Waals surface area contributed by atoms with Crippen LogP contribution in [-0.2, 0) is 6.42 Å². The van der Waals surface area contributed by atoms with Crippen LogP contribution in [0.5, 0.6) is 0 Å². The van der Waals surface area contributed by atoms with Gasteiger partial charge < -0.3 is 9.73 Å². The average Bonchev–Trinajstić information content (AvgIpc) is 2.88. The summed E-state index contributed by atoms with van der Waals surface area (Å²) >= 11 is 6.21. The summed E-state index contributed by atoms with van der Waals surface area (Å²) in [5.74, 6) is 0. The molecule has 0 saturated carbocycles. The molecule has 4 heteroatoms. The van der Waals surface area contributed by atoms with Gasteiger partial charge in [0.1, 0.15) is 0 Å². The lowest BCUT2D eigenvalue weighted by Gasteiger charge is -2.19. The summed E-state index contributed by atoms with van der Waals surface area (Å²) in [5, 5.41) is 4.21. The minimum Gasteiger partial charge on any atom is -0.472 e. The van der Waals surface area contributed by atoms with Crippen molar-refractivity contribution in [3.8, 4) is 0 Å². The molecular weight excluding hydrogens is 248 g/mol. The highest BCUT2D eigenvalue weighted by Crippen LogP contribution is 2.25. The molecule has 0 spiro atoms. The van der Waals surface area contributed by atoms with Gasteiger partial charge in [0, 0.05) is 18.4 Å². The van der Waals surface area contributed by atoms with Crippen LogP contribution in [0.2, 0.25) is 5.02 Å². The van der Waals surface area contributed by atoms with Crippen molar-refractivity contribution in [2.24, 2.45) is 0 Å². The van der Waals surface area contributed by atoms with Gasteiger partial charge in [-0.3, -0.25) is 4.98 Å². The maximum absolute atomic E-state index is 6.21. The fourth-order valence-electron chi connectivity index (χ4n) is 1.92. The summed E-state index contributed by atoms with van der Waals surface area (Å²) in [4.78, 5) is 4.03. The van der Waals surface area contributed by atoms with Crippen molar-refractivity contribution >= 4 is 11.6 Å². The molecule has 1 unspecified atom stereocenters. The number of aromatic nitrogens is 1. The van der Waals surface area contributed by atoms with Crippen molar-refractivity contribution in [2.75, 3.05) is 6.54 Å². The monoisotopic (exact) mass is 264 g/mol. The minimum absolute atomic E-state index is 0.193. The molecule has 0 bridgehead atoms. The zero-order valence-electron chi connectivity index (χ0n) is 10.4. The van der Waals surface area contributed by atoms with Crippen LogP contribution < -0.4 is 5.32 Å². The lowest BCUT2D eigenvalue weighted by molar-refractivity contribution is 0.520. The van der Waals surface area contributed by atoms with Crippen LogP contribution in [0.1, 0.15) is 30.5 Å². The van der Waals surface area contributed by atoms with E-state index in [1.54, 1.807) is 24.9 Å². The molecule has 0 radical (unpaired) electrons. The van der Waals surface area contributed by atoms with Crippen LogP contribution in [0, 0.1) is 0 Å². The molecule has 0 aliphatic rings. The second kappa shape index (κ2) is 6.57. The first-order valence-electron chi connectivity index (χ1n) is 6.15. The van der Waals surface area contributed by atoms with E-state index in [1.165, 1.54) is 0 Å². The van der Waals surface area contributed by atoms with Crippen LogP contribution >= 0.6 is 11.6 Å². The molecule has 2 aromatic heterocycles. The minimum atomic E-state index is 0.193. The van der Waals surface area contributed by atoms with Crippen LogP contribution in [0.4, 0.5) is 0 Å². The van der Waals surface area contributed by atoms with E-state index in [-0.39, 0.29) is 6.04 Å². The molecule has 0 saturated heterocycles. The van der Waals surface area contributed by atoms with Gasteiger partial charge >= 0.3 is 0 Å². The van der Waals surface area contributed by atoms with E-state index >= 15 is 0 Å². The summed E-state index contributed by atoms with van der Waals surface area (Å²) in [6, 6.07) is 4.14. The van der Waals surface area contributed by atoms with Crippen LogP contribution in [0.25, 0.3) is 0 Å². The Balaban J connectivity index is 2.16. The van der Waals surface area contributed by atoms with Gasteiger partial charge in [0.15, 0.2) is 0 Å². The van der Waals surface area contributed by atoms with Gasteiger partial charge in [-0.1, -0.05) is 18.5 Å². The van der Waals surface area contributed by atoms with Crippen molar-refractivity contribution < 1.29 is 4.42 Å². The smallest absolute Gasteiger partial charge is 0.0935 e. The van der Waals surface area contributed by atoms with Gasteiger partial charge in [-0.15, -0.1) is 0 Å². The van der Waals surface area contributed by atoms with Gasteiger partial charge in [-0.25, -0.2) is 0 Å². The highest BCUT2D eigenvalue weighted by atomic mass is 35.5. The Hall–Kier alpha value is -1.32. The first-order valence-corrected chi connectivity index (χ1v) is 6.53. The molecule has 18 heavy (non-hydrogen) atoms. The maximum Gasteiger partial charge on any atom is 0.0935 e. The van der Waals surface area contributed by atoms with Crippen molar-refractivity contribution in [3.05, 3.63) is 53.2 Å². The van der Waals surface area contributed by atoms with Gasteiger partial charge in [0.05, 0.1) is 17.5 Å². The highest BCUT2D eigenvalue weighted by molar-refractivity contribution is 6.31. The van der Waals surface area contributed by atoms with Gasteiger partial charge in [-0.05, 0) is 42.6 Å². The van der Waals surface area contributed by atoms with E-state index in [4.69, 9.17) is 16.0 Å². The topological polar surface area (TPSA) is 38.1 Å². The number of furan rings is 1. The third-order valence-corrected chi connectivity index (χ3v) is 3.16. The number of rotatable bonds is 6. The summed E-state index contributed by atoms with van der Waals surface area (Å²) < 4.78 is 5.11. The fraction of sp³-hybridized carbons (Fsp3) is 0.357. The second-order valence-electron chi connectivity index (χ2n) is 4.24. The lowest BCUT2D eigenvalue weighted by Crippen LogP contribution is -2.24. The summed E-state index contributed by atoms with van der Waals surface area (Å²) in [6.07, 6.45) is 8.88. The summed E-state index contributed by atoms with van der Waals surface area (Å²) in [5.41, 5.74) is 2.25. The number of pyridine rings is 1. The average molecular weight is 265 g/mol. The van der Waals surface area contributed by atoms with Crippen molar-refractivity contribution in [1.29, 1.82) is 0 Å². The molecule has 96 valence electrons. The van der Waals surface area contributed by atoms with Crippen LogP contribution in [0.15, 0.2) is 41.5 Å². The number of hydrogen-bond acceptors (Lipinski definition) is 3. The fourth-order valence-corrected chi connectivity index (χ4v) is 2.17. The van der Waals surface area contributed by atoms with E-state index in [0.29, 0.717) is 5.02 Å². The Bertz CT molecular complexity index is 470. The Labute approximate surface area is 112 Å². The van der Waals surface area contributed by atoms with Crippen molar-refractivity contribution in [2.45, 2.75) is 25.8 Å². The number of halogens is 1. The first kappa shape index (κ1) is 13.1. The standard InChI is InChI=1S/C14H17ClN2O/c1-2-5-17-14(8-11-4-7-18-10-11)12-3-6-16-9-13(12)15/h3-4,6-7,9-10,14,17H,2,5,8H2,1H3. The maximum atomic E-state index is 6.21. The van der Waals surface area contributed by atoms with E-state index < -0.39 is 0 Å². The predicted molar refractivity (Wildman–Crippen MR) is 72.7 cm³/mol. The van der Waals surface area contributed by atoms with Crippen molar-refractivity contribution in [3.63, 3.8) is 0 Å². The van der Waals surface area contributed by atoms with Gasteiger partial charge in [0.2, 0.25) is 0 Å². The molecule has 0 aliphatic heterocycles. The van der Waals surface area contributed by atoms with Gasteiger partial charge in [0.25, 0.3) is 0 Å². The normalized spacial score (nSPS) is 12.6. The quantitative estimate of drug-likeness (QED) is 0.866. The molecule has 2 aromatic rings. The third kappa shape index (κ3) is 3.34. The van der Waals surface area contributed by atoms with Crippen molar-refractivity contribution in [1.82, 2.24) is 10.3 Å². The molecule has 1 N–H and O–H groups in total. The third-order valence-electron chi connectivity index (χ3n) is 2.84. The molecular formula is C14H17ClN2O. The molecule has 0 aliphatic carbocycles. The molecule has 0 amide bonds. The van der Waals surface area contributed by atoms with E-state index in [1.807, 2.05) is 12.1 Å². The largest absolute Gasteiger partial charge is 0.472 e. The Morgan fingerprint density at radius 1 is 1.44 bits per heavy atom. The molecule has 2 rings (SSSR count). The summed E-state index contributed by atoms with van der Waals surface area (Å²) in [7, 11) is 0. The van der Waals surface area contributed by atoms with Crippen LogP contribution in [0.3, 0.4) is 0 Å². The highest BCUT2D eigenvalue weighted by Gasteiger charge is 2.15. The second-order valence-corrected chi connectivity index (χ2v) is 4.65. The number of nitrogens with one attached hydrogen (secondary N) is 1. The molecule has 1 atom stereocenters. The zero-order valence-corrected chi connectivity index (χ0v) is 11.2. The lowest BCUT2D eigenvalue weighted by atomic mass is 10.0.